The predicted molar refractivity (Wildman–Crippen MR) is 42.9 cm³/mol. The van der Waals surface area contributed by atoms with Crippen LogP contribution in [0.1, 0.15) is 12.0 Å². The summed E-state index contributed by atoms with van der Waals surface area (Å²) in [4.78, 5) is 9.95. The van der Waals surface area contributed by atoms with Crippen molar-refractivity contribution in [2.45, 2.75) is 12.2 Å². The lowest BCUT2D eigenvalue weighted by molar-refractivity contribution is -0.162. The summed E-state index contributed by atoms with van der Waals surface area (Å²) >= 11 is 0. The molecule has 0 amide bonds. The maximum atomic E-state index is 9.95. The van der Waals surface area contributed by atoms with Crippen LogP contribution in [0.3, 0.4) is 0 Å². The van der Waals surface area contributed by atoms with Gasteiger partial charge in [-0.2, -0.15) is 0 Å². The summed E-state index contributed by atoms with van der Waals surface area (Å²) in [7, 11) is 0. The van der Waals surface area contributed by atoms with Gasteiger partial charge in [0.25, 0.3) is 0 Å². The van der Waals surface area contributed by atoms with Crippen molar-refractivity contribution in [3.8, 4) is 0 Å². The van der Waals surface area contributed by atoms with Crippen LogP contribution >= 0.6 is 0 Å². The molecule has 0 aliphatic heterocycles. The van der Waals surface area contributed by atoms with E-state index in [0.29, 0.717) is 5.56 Å². The van der Waals surface area contributed by atoms with Crippen molar-refractivity contribution in [2.24, 2.45) is 0 Å². The van der Waals surface area contributed by atoms with Gasteiger partial charge in [0.2, 0.25) is 6.29 Å². The van der Waals surface area contributed by atoms with E-state index in [1.54, 1.807) is 18.2 Å². The average Bonchev–Trinajstić information content (AvgIpc) is 2.06. The number of benzene rings is 1. The van der Waals surface area contributed by atoms with Crippen molar-refractivity contribution < 1.29 is 15.0 Å². The summed E-state index contributed by atoms with van der Waals surface area (Å²) in [6.07, 6.45) is 1.02. The third-order valence-electron chi connectivity index (χ3n) is 1.55. The summed E-state index contributed by atoms with van der Waals surface area (Å²) in [6.45, 7) is 0. The highest BCUT2D eigenvalue weighted by Crippen LogP contribution is 2.19. The van der Waals surface area contributed by atoms with Crippen molar-refractivity contribution in [3.05, 3.63) is 35.9 Å². The number of carbonyl (C=O) groups excluding carboxylic acids is 1. The molecular weight excluding hydrogens is 156 g/mol. The molecule has 12 heavy (non-hydrogen) atoms. The highest BCUT2D eigenvalue weighted by molar-refractivity contribution is 5.52. The van der Waals surface area contributed by atoms with E-state index in [9.17, 15) is 15.0 Å². The molecule has 1 aromatic rings. The summed E-state index contributed by atoms with van der Waals surface area (Å²) in [5.74, 6) is -2.08. The second-order valence-electron chi connectivity index (χ2n) is 2.50. The molecule has 2 N–H and O–H groups in total. The molecule has 0 spiro atoms. The Labute approximate surface area is 70.3 Å². The molecule has 0 heterocycles. The Morgan fingerprint density at radius 3 is 2.33 bits per heavy atom. The van der Waals surface area contributed by atoms with Gasteiger partial charge in [0.05, 0.1) is 6.42 Å². The molecule has 1 aromatic carbocycles. The Hall–Kier alpha value is -1.19. The van der Waals surface area contributed by atoms with Crippen LogP contribution in [0.5, 0.6) is 0 Å². The fraction of sp³-hybridized carbons (Fsp3) is 0.222. The molecule has 0 saturated carbocycles. The third kappa shape index (κ3) is 1.90. The van der Waals surface area contributed by atoms with E-state index in [1.807, 2.05) is 0 Å². The lowest BCUT2D eigenvalue weighted by atomic mass is 10.0. The van der Waals surface area contributed by atoms with E-state index in [4.69, 9.17) is 0 Å². The van der Waals surface area contributed by atoms with Gasteiger partial charge in [-0.05, 0) is 0 Å². The van der Waals surface area contributed by atoms with Gasteiger partial charge in [-0.3, -0.25) is 4.79 Å². The van der Waals surface area contributed by atoms with Gasteiger partial charge >= 0.3 is 0 Å². The van der Waals surface area contributed by atoms with Crippen LogP contribution < -0.4 is 0 Å². The quantitative estimate of drug-likeness (QED) is 0.634. The zero-order valence-corrected chi connectivity index (χ0v) is 6.40. The third-order valence-corrected chi connectivity index (χ3v) is 1.55. The van der Waals surface area contributed by atoms with Crippen molar-refractivity contribution in [1.82, 2.24) is 0 Å². The average molecular weight is 165 g/mol. The summed E-state index contributed by atoms with van der Waals surface area (Å²) in [5.41, 5.74) is 0.299. The van der Waals surface area contributed by atoms with Gasteiger partial charge < -0.3 is 10.2 Å². The molecule has 0 saturated heterocycles. The lowest BCUT2D eigenvalue weighted by Gasteiger charge is -2.18. The number of rotatable bonds is 3. The van der Waals surface area contributed by atoms with Crippen molar-refractivity contribution in [1.29, 1.82) is 0 Å². The Balaban J connectivity index is 2.89. The van der Waals surface area contributed by atoms with Crippen LogP contribution in [0.4, 0.5) is 0 Å². The van der Waals surface area contributed by atoms with Gasteiger partial charge in [0.15, 0.2) is 5.79 Å². The molecule has 1 radical (unpaired) electrons. The van der Waals surface area contributed by atoms with Crippen molar-refractivity contribution >= 4 is 6.29 Å². The minimum absolute atomic E-state index is 0.299. The van der Waals surface area contributed by atoms with E-state index in [2.05, 4.69) is 0 Å². The predicted octanol–water partition coefficient (Wildman–Crippen LogP) is 0.324. The Kier molecular flexibility index (Phi) is 2.58. The normalized spacial score (nSPS) is 11.2. The molecule has 3 nitrogen and oxygen atoms in total. The van der Waals surface area contributed by atoms with Crippen LogP contribution in [-0.2, 0) is 10.6 Å². The van der Waals surface area contributed by atoms with Gasteiger partial charge in [-0.15, -0.1) is 0 Å². The topological polar surface area (TPSA) is 57.5 Å². The van der Waals surface area contributed by atoms with E-state index in [-0.39, 0.29) is 0 Å². The largest absolute Gasteiger partial charge is 0.362 e. The zero-order chi connectivity index (χ0) is 9.03. The highest BCUT2D eigenvalue weighted by atomic mass is 16.5. The van der Waals surface area contributed by atoms with Crippen LogP contribution in [0.15, 0.2) is 30.3 Å². The minimum Gasteiger partial charge on any atom is -0.362 e. The SMILES string of the molecule is O=[C]CC(O)(O)c1ccccc1. The molecule has 3 heteroatoms. The first kappa shape index (κ1) is 8.90. The molecule has 0 unspecified atom stereocenters. The zero-order valence-electron chi connectivity index (χ0n) is 6.40. The number of hydrogen-bond donors (Lipinski definition) is 2. The maximum absolute atomic E-state index is 9.95. The van der Waals surface area contributed by atoms with E-state index >= 15 is 0 Å². The minimum atomic E-state index is -2.08. The smallest absolute Gasteiger partial charge is 0.204 e. The van der Waals surface area contributed by atoms with Gasteiger partial charge in [-0.1, -0.05) is 30.3 Å². The van der Waals surface area contributed by atoms with Gasteiger partial charge in [0.1, 0.15) is 0 Å². The molecule has 0 aliphatic rings. The summed E-state index contributed by atoms with van der Waals surface area (Å²) in [5, 5.41) is 18.6. The van der Waals surface area contributed by atoms with Crippen LogP contribution in [0.25, 0.3) is 0 Å². The van der Waals surface area contributed by atoms with Crippen molar-refractivity contribution in [3.63, 3.8) is 0 Å². The summed E-state index contributed by atoms with van der Waals surface area (Å²) in [6, 6.07) is 8.17. The molecule has 63 valence electrons. The fourth-order valence-corrected chi connectivity index (χ4v) is 0.908. The first-order chi connectivity index (χ1) is 5.67. The van der Waals surface area contributed by atoms with Gasteiger partial charge in [0, 0.05) is 5.56 Å². The van der Waals surface area contributed by atoms with E-state index in [0.717, 1.165) is 0 Å². The maximum Gasteiger partial charge on any atom is 0.204 e. The van der Waals surface area contributed by atoms with E-state index in [1.165, 1.54) is 18.4 Å². The fourth-order valence-electron chi connectivity index (χ4n) is 0.908. The Morgan fingerprint density at radius 2 is 1.83 bits per heavy atom. The first-order valence-corrected chi connectivity index (χ1v) is 3.52. The van der Waals surface area contributed by atoms with Gasteiger partial charge in [-0.25, -0.2) is 0 Å². The Morgan fingerprint density at radius 1 is 1.25 bits per heavy atom. The van der Waals surface area contributed by atoms with Crippen molar-refractivity contribution in [2.75, 3.05) is 0 Å². The van der Waals surface area contributed by atoms with E-state index < -0.39 is 12.2 Å². The standard InChI is InChI=1S/C9H9O3/c10-7-6-9(11,12)8-4-2-1-3-5-8/h1-5,11-12H,6H2. The second-order valence-corrected chi connectivity index (χ2v) is 2.50. The molecule has 0 aliphatic carbocycles. The lowest BCUT2D eigenvalue weighted by Crippen LogP contribution is -2.25. The van der Waals surface area contributed by atoms with Crippen LogP contribution in [-0.4, -0.2) is 16.5 Å². The molecular formula is C9H9O3. The molecule has 0 aromatic heterocycles. The number of aliphatic hydroxyl groups is 2. The first-order valence-electron chi connectivity index (χ1n) is 3.52. The molecule has 1 rings (SSSR count). The van der Waals surface area contributed by atoms with Crippen LogP contribution in [0, 0.1) is 0 Å². The molecule has 0 fully saturated rings. The van der Waals surface area contributed by atoms with Crippen LogP contribution in [0.2, 0.25) is 0 Å². The highest BCUT2D eigenvalue weighted by Gasteiger charge is 2.24. The Bertz CT molecular complexity index is 254. The second kappa shape index (κ2) is 3.47. The monoisotopic (exact) mass is 165 g/mol. The number of hydrogen-bond acceptors (Lipinski definition) is 3. The molecule has 0 bridgehead atoms. The summed E-state index contributed by atoms with van der Waals surface area (Å²) < 4.78 is 0. The molecule has 0 atom stereocenters.